The van der Waals surface area contributed by atoms with Crippen LogP contribution in [0.3, 0.4) is 0 Å². The fraction of sp³-hybridized carbons (Fsp3) is 0.842. The van der Waals surface area contributed by atoms with Crippen LogP contribution < -0.4 is 5.32 Å². The Morgan fingerprint density at radius 3 is 2.50 bits per heavy atom. The van der Waals surface area contributed by atoms with E-state index in [-0.39, 0.29) is 35.4 Å². The third kappa shape index (κ3) is 2.81. The van der Waals surface area contributed by atoms with Crippen LogP contribution in [0.4, 0.5) is 0 Å². The molecule has 1 N–H and O–H groups in total. The fourth-order valence-corrected chi connectivity index (χ4v) is 5.98. The summed E-state index contributed by atoms with van der Waals surface area (Å²) in [4.78, 5) is 22.9. The first kappa shape index (κ1) is 17.3. The van der Waals surface area contributed by atoms with Gasteiger partial charge in [0, 0.05) is 25.3 Å². The number of carbonyl (C=O) groups is 2. The minimum atomic E-state index is -0.187. The van der Waals surface area contributed by atoms with E-state index in [0.717, 1.165) is 38.5 Å². The summed E-state index contributed by atoms with van der Waals surface area (Å²) in [6.07, 6.45) is 5.97. The number of nitriles is 1. The molecule has 5 heteroatoms. The van der Waals surface area contributed by atoms with Gasteiger partial charge in [0.25, 0.3) is 0 Å². The zero-order chi connectivity index (χ0) is 17.5. The first-order chi connectivity index (χ1) is 11.4. The lowest BCUT2D eigenvalue weighted by Crippen LogP contribution is -2.53. The molecule has 3 rings (SSSR count). The molecule has 0 aliphatic heterocycles. The second-order valence-corrected chi connectivity index (χ2v) is 8.19. The first-order valence-corrected chi connectivity index (χ1v) is 9.20. The number of nitrogens with zero attached hydrogens (tertiary/aromatic N) is 1. The number of hydrogen-bond acceptors (Lipinski definition) is 4. The van der Waals surface area contributed by atoms with Crippen LogP contribution in [0.1, 0.15) is 59.3 Å². The van der Waals surface area contributed by atoms with Crippen LogP contribution in [0, 0.1) is 40.4 Å². The van der Waals surface area contributed by atoms with Gasteiger partial charge in [-0.25, -0.2) is 0 Å². The van der Waals surface area contributed by atoms with Crippen LogP contribution in [0.25, 0.3) is 0 Å². The average Bonchev–Trinajstić information content (AvgIpc) is 2.83. The van der Waals surface area contributed by atoms with Crippen molar-refractivity contribution in [3.05, 3.63) is 0 Å². The van der Waals surface area contributed by atoms with Gasteiger partial charge in [-0.05, 0) is 56.3 Å². The van der Waals surface area contributed by atoms with E-state index in [4.69, 9.17) is 4.74 Å². The van der Waals surface area contributed by atoms with Gasteiger partial charge in [-0.1, -0.05) is 6.92 Å². The molecule has 3 aliphatic rings. The molecule has 3 saturated carbocycles. The highest BCUT2D eigenvalue weighted by molar-refractivity contribution is 5.73. The maximum Gasteiger partial charge on any atom is 0.302 e. The van der Waals surface area contributed by atoms with Crippen molar-refractivity contribution in [2.75, 3.05) is 0 Å². The third-order valence-electron chi connectivity index (χ3n) is 6.96. The first-order valence-electron chi connectivity index (χ1n) is 9.20. The Morgan fingerprint density at radius 2 is 1.88 bits per heavy atom. The van der Waals surface area contributed by atoms with Crippen molar-refractivity contribution in [3.8, 4) is 6.07 Å². The summed E-state index contributed by atoms with van der Waals surface area (Å²) in [7, 11) is 0. The smallest absolute Gasteiger partial charge is 0.302 e. The Kier molecular flexibility index (Phi) is 4.59. The Labute approximate surface area is 144 Å². The molecule has 0 bridgehead atoms. The molecule has 132 valence electrons. The van der Waals surface area contributed by atoms with Gasteiger partial charge in [0.05, 0.1) is 12.0 Å². The van der Waals surface area contributed by atoms with Gasteiger partial charge in [-0.15, -0.1) is 0 Å². The van der Waals surface area contributed by atoms with Crippen LogP contribution >= 0.6 is 0 Å². The van der Waals surface area contributed by atoms with Gasteiger partial charge in [0.2, 0.25) is 5.91 Å². The minimum Gasteiger partial charge on any atom is -0.462 e. The second-order valence-electron chi connectivity index (χ2n) is 8.19. The number of carbonyl (C=O) groups excluding carboxylic acids is 2. The van der Waals surface area contributed by atoms with Crippen LogP contribution in [0.2, 0.25) is 0 Å². The summed E-state index contributed by atoms with van der Waals surface area (Å²) in [5.41, 5.74) is 0.0493. The number of fused-ring (bicyclic) bond motifs is 3. The Bertz CT molecular complexity index is 569. The van der Waals surface area contributed by atoms with Crippen molar-refractivity contribution in [1.82, 2.24) is 5.32 Å². The van der Waals surface area contributed by atoms with Crippen LogP contribution in [-0.2, 0) is 14.3 Å². The molecule has 0 aromatic carbocycles. The molecule has 0 aromatic heterocycles. The molecule has 5 unspecified atom stereocenters. The van der Waals surface area contributed by atoms with Gasteiger partial charge in [-0.3, -0.25) is 9.59 Å². The van der Waals surface area contributed by atoms with Crippen molar-refractivity contribution in [2.45, 2.75) is 71.4 Å². The summed E-state index contributed by atoms with van der Waals surface area (Å²) in [5, 5.41) is 12.7. The van der Waals surface area contributed by atoms with E-state index in [0.29, 0.717) is 17.8 Å². The number of nitrogens with one attached hydrogen (secondary N) is 1. The largest absolute Gasteiger partial charge is 0.462 e. The number of rotatable bonds is 2. The van der Waals surface area contributed by atoms with E-state index in [1.807, 2.05) is 0 Å². The quantitative estimate of drug-likeness (QED) is 0.789. The SMILES string of the molecule is CC(=O)N[C@@H]1CCC2C(CCC3(C)C(OC(C)=O)CCC23)[C@H]1C#N. The van der Waals surface area contributed by atoms with Crippen LogP contribution in [-0.4, -0.2) is 24.0 Å². The molecular formula is C19H28N2O3. The van der Waals surface area contributed by atoms with Gasteiger partial charge in [-0.2, -0.15) is 5.26 Å². The topological polar surface area (TPSA) is 79.2 Å². The summed E-state index contributed by atoms with van der Waals surface area (Å²) >= 11 is 0. The molecule has 3 aliphatic carbocycles. The molecule has 0 heterocycles. The molecule has 1 amide bonds. The van der Waals surface area contributed by atoms with E-state index in [1.165, 1.54) is 13.8 Å². The minimum absolute atomic E-state index is 0.0104. The molecular weight excluding hydrogens is 304 g/mol. The Hall–Kier alpha value is -1.57. The second kappa shape index (κ2) is 6.38. The summed E-state index contributed by atoms with van der Waals surface area (Å²) in [5.74, 6) is 1.07. The number of ether oxygens (including phenoxy) is 1. The zero-order valence-corrected chi connectivity index (χ0v) is 14.9. The fourth-order valence-electron chi connectivity index (χ4n) is 5.98. The molecule has 0 aromatic rings. The lowest BCUT2D eigenvalue weighted by molar-refractivity contribution is -0.156. The predicted octanol–water partition coefficient (Wildman–Crippen LogP) is 2.80. The highest BCUT2D eigenvalue weighted by Gasteiger charge is 2.58. The third-order valence-corrected chi connectivity index (χ3v) is 6.96. The molecule has 0 saturated heterocycles. The molecule has 3 fully saturated rings. The predicted molar refractivity (Wildman–Crippen MR) is 88.5 cm³/mol. The van der Waals surface area contributed by atoms with Gasteiger partial charge < -0.3 is 10.1 Å². The molecule has 5 nitrogen and oxygen atoms in total. The van der Waals surface area contributed by atoms with E-state index in [2.05, 4.69) is 18.3 Å². The van der Waals surface area contributed by atoms with Gasteiger partial charge >= 0.3 is 5.97 Å². The number of amides is 1. The number of esters is 1. The average molecular weight is 332 g/mol. The highest BCUT2D eigenvalue weighted by atomic mass is 16.5. The summed E-state index contributed by atoms with van der Waals surface area (Å²) in [6.45, 7) is 5.29. The lowest BCUT2D eigenvalue weighted by atomic mass is 9.53. The van der Waals surface area contributed by atoms with E-state index < -0.39 is 0 Å². The van der Waals surface area contributed by atoms with Crippen LogP contribution in [0.15, 0.2) is 0 Å². The molecule has 7 atom stereocenters. The maximum absolute atomic E-state index is 11.4. The van der Waals surface area contributed by atoms with E-state index in [1.54, 1.807) is 0 Å². The van der Waals surface area contributed by atoms with E-state index in [9.17, 15) is 14.9 Å². The standard InChI is InChI=1S/C19H28N2O3/c1-11(22)21-17-6-4-14-13(15(17)10-20)8-9-19(3)16(14)5-7-18(19)24-12(2)23/h13-18H,4-9H2,1-3H3,(H,21,22)/t13?,14?,15-,16?,17-,18?,19?/m1/s1. The number of hydrogen-bond donors (Lipinski definition) is 1. The maximum atomic E-state index is 11.4. The molecule has 0 spiro atoms. The van der Waals surface area contributed by atoms with Gasteiger partial charge in [0.1, 0.15) is 6.10 Å². The monoisotopic (exact) mass is 332 g/mol. The summed E-state index contributed by atoms with van der Waals surface area (Å²) in [6, 6.07) is 2.48. The van der Waals surface area contributed by atoms with Crippen molar-refractivity contribution in [1.29, 1.82) is 5.26 Å². The van der Waals surface area contributed by atoms with Crippen LogP contribution in [0.5, 0.6) is 0 Å². The van der Waals surface area contributed by atoms with Crippen molar-refractivity contribution in [2.24, 2.45) is 29.1 Å². The lowest BCUT2D eigenvalue weighted by Gasteiger charge is -2.52. The Balaban J connectivity index is 1.79. The van der Waals surface area contributed by atoms with Crippen molar-refractivity contribution >= 4 is 11.9 Å². The van der Waals surface area contributed by atoms with E-state index >= 15 is 0 Å². The highest BCUT2D eigenvalue weighted by Crippen LogP contribution is 2.60. The normalized spacial score (nSPS) is 43.9. The summed E-state index contributed by atoms with van der Waals surface area (Å²) < 4.78 is 5.63. The molecule has 24 heavy (non-hydrogen) atoms. The Morgan fingerprint density at radius 1 is 1.12 bits per heavy atom. The van der Waals surface area contributed by atoms with Crippen molar-refractivity contribution in [3.63, 3.8) is 0 Å². The van der Waals surface area contributed by atoms with Gasteiger partial charge in [0.15, 0.2) is 0 Å². The molecule has 0 radical (unpaired) electrons. The van der Waals surface area contributed by atoms with Crippen molar-refractivity contribution < 1.29 is 14.3 Å². The zero-order valence-electron chi connectivity index (χ0n) is 14.9.